The van der Waals surface area contributed by atoms with Gasteiger partial charge in [-0.3, -0.25) is 23.2 Å². The van der Waals surface area contributed by atoms with Gasteiger partial charge in [-0.2, -0.15) is 25.3 Å². The molecular formula is C33H28N2O13S3. The molecule has 266 valence electrons. The third-order valence-electron chi connectivity index (χ3n) is 8.80. The number of aromatic nitrogens is 1. The molecular weight excluding hydrogens is 729 g/mol. The number of benzene rings is 4. The SMILES string of the molecule is CCC(C)(C)c1ccc(Oc2cc(Nc3ccc(S(=O)(=O)O)cc3S(=O)(=O)O)c3c4c(c(O)c(=O)[nH]c24)-c2ccccc2C3=O)c(S(=O)(=O)O)c1. The van der Waals surface area contributed by atoms with Gasteiger partial charge in [0.15, 0.2) is 17.3 Å². The van der Waals surface area contributed by atoms with Crippen LogP contribution in [-0.4, -0.2) is 54.8 Å². The van der Waals surface area contributed by atoms with Gasteiger partial charge in [0, 0.05) is 22.6 Å². The van der Waals surface area contributed by atoms with Crippen molar-refractivity contribution in [3.05, 3.63) is 93.8 Å². The third-order valence-corrected chi connectivity index (χ3v) is 11.4. The highest BCUT2D eigenvalue weighted by Crippen LogP contribution is 2.49. The van der Waals surface area contributed by atoms with Crippen LogP contribution >= 0.6 is 0 Å². The fraction of sp³-hybridized carbons (Fsp3) is 0.152. The average molecular weight is 757 g/mol. The number of aromatic hydroxyl groups is 1. The molecule has 0 saturated heterocycles. The number of ether oxygens (including phenoxy) is 1. The zero-order valence-electron chi connectivity index (χ0n) is 26.7. The number of pyridine rings is 1. The largest absolute Gasteiger partial charge is 0.503 e. The maximum Gasteiger partial charge on any atom is 0.298 e. The van der Waals surface area contributed by atoms with Crippen molar-refractivity contribution in [3.63, 3.8) is 0 Å². The Labute approximate surface area is 290 Å². The van der Waals surface area contributed by atoms with Gasteiger partial charge in [-0.15, -0.1) is 0 Å². The number of anilines is 2. The standard InChI is InChI=1S/C33H28N2O13S3/c1-4-33(2,3)16-9-12-22(25(13-16)51(45,46)47)48-23-15-21(34-20-11-10-17(49(39,40)41)14-24(20)50(42,43)44)27-28-26(31(37)32(38)35-29(23)28)18-7-5-6-8-19(18)30(27)36/h5-15,34,37H,4H2,1-3H3,(H,35,38)(H,39,40,41)(H,42,43,44)(H,45,46,47). The predicted octanol–water partition coefficient (Wildman–Crippen LogP) is 5.41. The molecule has 51 heavy (non-hydrogen) atoms. The molecule has 0 saturated carbocycles. The molecule has 6 rings (SSSR count). The molecule has 0 fully saturated rings. The molecule has 0 aliphatic heterocycles. The van der Waals surface area contributed by atoms with Gasteiger partial charge in [0.05, 0.1) is 27.4 Å². The molecule has 6 N–H and O–H groups in total. The lowest BCUT2D eigenvalue weighted by Crippen LogP contribution is -2.18. The summed E-state index contributed by atoms with van der Waals surface area (Å²) in [5.74, 6) is -2.25. The van der Waals surface area contributed by atoms with E-state index in [1.807, 2.05) is 20.8 Å². The Hall–Kier alpha value is -5.11. The Morgan fingerprint density at radius 1 is 0.745 bits per heavy atom. The van der Waals surface area contributed by atoms with E-state index >= 15 is 0 Å². The van der Waals surface area contributed by atoms with Crippen LogP contribution in [0.15, 0.2) is 86.2 Å². The van der Waals surface area contributed by atoms with Crippen LogP contribution in [0.4, 0.5) is 11.4 Å². The first-order valence-corrected chi connectivity index (χ1v) is 19.2. The molecule has 1 aliphatic rings. The minimum atomic E-state index is -5.20. The van der Waals surface area contributed by atoms with E-state index in [1.54, 1.807) is 12.1 Å². The summed E-state index contributed by atoms with van der Waals surface area (Å²) in [6, 6.07) is 13.3. The van der Waals surface area contributed by atoms with E-state index in [4.69, 9.17) is 4.74 Å². The lowest BCUT2D eigenvalue weighted by molar-refractivity contribution is 0.104. The summed E-state index contributed by atoms with van der Waals surface area (Å²) in [5.41, 5.74) is -2.15. The number of carbonyl (C=O) groups excluding carboxylic acids is 1. The molecule has 1 aromatic heterocycles. The van der Waals surface area contributed by atoms with Gasteiger partial charge in [-0.25, -0.2) is 0 Å². The molecule has 0 bridgehead atoms. The quantitative estimate of drug-likeness (QED) is 0.101. The van der Waals surface area contributed by atoms with Gasteiger partial charge in [-0.1, -0.05) is 51.1 Å². The van der Waals surface area contributed by atoms with E-state index < -0.39 is 79.0 Å². The number of ketones is 1. The second kappa shape index (κ2) is 12.0. The van der Waals surface area contributed by atoms with Crippen LogP contribution in [0, 0.1) is 0 Å². The van der Waals surface area contributed by atoms with E-state index in [2.05, 4.69) is 10.3 Å². The van der Waals surface area contributed by atoms with Crippen molar-refractivity contribution >= 4 is 58.4 Å². The normalized spacial score (nSPS) is 13.3. The molecule has 0 radical (unpaired) electrons. The van der Waals surface area contributed by atoms with Crippen LogP contribution in [0.1, 0.15) is 48.7 Å². The van der Waals surface area contributed by atoms with Gasteiger partial charge >= 0.3 is 0 Å². The first-order chi connectivity index (χ1) is 23.6. The Balaban J connectivity index is 1.69. The first kappa shape index (κ1) is 35.7. The summed E-state index contributed by atoms with van der Waals surface area (Å²) in [6.45, 7) is 5.60. The number of rotatable bonds is 9. The molecule has 5 aromatic rings. The molecule has 18 heteroatoms. The summed E-state index contributed by atoms with van der Waals surface area (Å²) in [6.07, 6.45) is 0.596. The number of fused-ring (bicyclic) bond motifs is 2. The van der Waals surface area contributed by atoms with Crippen LogP contribution in [-0.2, 0) is 35.8 Å². The van der Waals surface area contributed by atoms with Crippen molar-refractivity contribution in [1.29, 1.82) is 0 Å². The zero-order valence-corrected chi connectivity index (χ0v) is 29.2. The van der Waals surface area contributed by atoms with Gasteiger partial charge in [-0.05, 0) is 53.3 Å². The van der Waals surface area contributed by atoms with Crippen LogP contribution in [0.25, 0.3) is 22.0 Å². The third kappa shape index (κ3) is 6.26. The highest BCUT2D eigenvalue weighted by atomic mass is 32.2. The summed E-state index contributed by atoms with van der Waals surface area (Å²) < 4.78 is 109. The van der Waals surface area contributed by atoms with Gasteiger partial charge < -0.3 is 20.1 Å². The lowest BCUT2D eigenvalue weighted by Gasteiger charge is -2.26. The Morgan fingerprint density at radius 2 is 1.39 bits per heavy atom. The highest BCUT2D eigenvalue weighted by molar-refractivity contribution is 7.87. The molecule has 0 amide bonds. The Morgan fingerprint density at radius 3 is 2.00 bits per heavy atom. The fourth-order valence-electron chi connectivity index (χ4n) is 5.81. The summed E-state index contributed by atoms with van der Waals surface area (Å²) in [7, 11) is -15.1. The highest BCUT2D eigenvalue weighted by Gasteiger charge is 2.34. The van der Waals surface area contributed by atoms with Crippen molar-refractivity contribution in [2.24, 2.45) is 0 Å². The number of aromatic amines is 1. The fourth-order valence-corrected chi connectivity index (χ4v) is 7.70. The van der Waals surface area contributed by atoms with E-state index in [9.17, 15) is 53.6 Å². The predicted molar refractivity (Wildman–Crippen MR) is 184 cm³/mol. The van der Waals surface area contributed by atoms with E-state index in [1.165, 1.54) is 30.3 Å². The van der Waals surface area contributed by atoms with Crippen molar-refractivity contribution < 1.29 is 53.5 Å². The summed E-state index contributed by atoms with van der Waals surface area (Å²) >= 11 is 0. The first-order valence-electron chi connectivity index (χ1n) is 14.9. The molecule has 4 aromatic carbocycles. The van der Waals surface area contributed by atoms with Crippen LogP contribution < -0.4 is 15.6 Å². The Kier molecular flexibility index (Phi) is 8.40. The van der Waals surface area contributed by atoms with E-state index in [0.717, 1.165) is 18.2 Å². The molecule has 1 aliphatic carbocycles. The number of hydrogen-bond acceptors (Lipinski definition) is 11. The molecule has 0 unspecified atom stereocenters. The average Bonchev–Trinajstić information content (AvgIpc) is 3.04. The number of nitrogens with one attached hydrogen (secondary N) is 2. The molecule has 15 nitrogen and oxygen atoms in total. The van der Waals surface area contributed by atoms with Crippen molar-refractivity contribution in [1.82, 2.24) is 4.98 Å². The smallest absolute Gasteiger partial charge is 0.298 e. The van der Waals surface area contributed by atoms with Gasteiger partial charge in [0.1, 0.15) is 15.5 Å². The number of H-pyrrole nitrogens is 1. The second-order valence-corrected chi connectivity index (χ2v) is 16.5. The van der Waals surface area contributed by atoms with Crippen molar-refractivity contribution in [3.8, 4) is 28.4 Å². The lowest BCUT2D eigenvalue weighted by atomic mass is 9.82. The molecule has 0 atom stereocenters. The van der Waals surface area contributed by atoms with Crippen LogP contribution in [0.2, 0.25) is 0 Å². The summed E-state index contributed by atoms with van der Waals surface area (Å²) in [5, 5.41) is 13.6. The van der Waals surface area contributed by atoms with E-state index in [-0.39, 0.29) is 44.6 Å². The van der Waals surface area contributed by atoms with E-state index in [0.29, 0.717) is 18.1 Å². The van der Waals surface area contributed by atoms with Crippen molar-refractivity contribution in [2.45, 2.75) is 47.3 Å². The van der Waals surface area contributed by atoms with Crippen molar-refractivity contribution in [2.75, 3.05) is 5.32 Å². The van der Waals surface area contributed by atoms with Crippen LogP contribution in [0.5, 0.6) is 17.2 Å². The van der Waals surface area contributed by atoms with Crippen LogP contribution in [0.3, 0.4) is 0 Å². The maximum absolute atomic E-state index is 14.1. The zero-order chi connectivity index (χ0) is 37.4. The maximum atomic E-state index is 14.1. The minimum absolute atomic E-state index is 0.0310. The minimum Gasteiger partial charge on any atom is -0.503 e. The van der Waals surface area contributed by atoms with Gasteiger partial charge in [0.25, 0.3) is 35.9 Å². The molecule has 0 spiro atoms. The molecule has 1 heterocycles. The topological polar surface area (TPSA) is 255 Å². The van der Waals surface area contributed by atoms with Gasteiger partial charge in [0.2, 0.25) is 0 Å². The monoisotopic (exact) mass is 756 g/mol. The number of hydrogen-bond donors (Lipinski definition) is 6. The Bertz CT molecular complexity index is 2740. The summed E-state index contributed by atoms with van der Waals surface area (Å²) in [4.78, 5) is 27.2. The number of carbonyl (C=O) groups is 1. The second-order valence-electron chi connectivity index (χ2n) is 12.3.